The molecular formula is C12H17N3O5S. The summed E-state index contributed by atoms with van der Waals surface area (Å²) in [7, 11) is -3.27. The Hall–Kier alpha value is -2.13. The molecule has 0 heterocycles. The van der Waals surface area contributed by atoms with Crippen LogP contribution in [-0.2, 0) is 16.6 Å². The maximum Gasteiger partial charge on any atom is 0.335 e. The normalized spacial score (nSPS) is 10.9. The van der Waals surface area contributed by atoms with E-state index in [2.05, 4.69) is 15.4 Å². The van der Waals surface area contributed by atoms with Gasteiger partial charge in [-0.2, -0.15) is 0 Å². The number of benzene rings is 1. The van der Waals surface area contributed by atoms with E-state index in [1.54, 1.807) is 12.1 Å². The summed E-state index contributed by atoms with van der Waals surface area (Å²) in [6.45, 7) is 0.418. The predicted molar refractivity (Wildman–Crippen MR) is 76.5 cm³/mol. The molecule has 2 amide bonds. The number of carbonyl (C=O) groups excluding carboxylic acids is 1. The van der Waals surface area contributed by atoms with E-state index in [-0.39, 0.29) is 25.2 Å². The monoisotopic (exact) mass is 315 g/mol. The minimum absolute atomic E-state index is 0.0980. The zero-order valence-electron chi connectivity index (χ0n) is 11.4. The van der Waals surface area contributed by atoms with Gasteiger partial charge in [0.15, 0.2) is 0 Å². The first-order valence-electron chi connectivity index (χ1n) is 6.06. The number of rotatable bonds is 7. The standard InChI is InChI=1S/C12H17N3O5S/c1-21(19,20)15-6-5-13-12(18)14-8-9-3-2-4-10(7-9)11(16)17/h2-4,7,15H,5-6,8H2,1H3,(H,16,17)(H2,13,14,18). The SMILES string of the molecule is CS(=O)(=O)NCCNC(=O)NCc1cccc(C(=O)O)c1. The Bertz CT molecular complexity index is 615. The minimum Gasteiger partial charge on any atom is -0.478 e. The molecule has 1 aromatic rings. The van der Waals surface area contributed by atoms with Crippen LogP contribution in [0.4, 0.5) is 4.79 Å². The van der Waals surface area contributed by atoms with Crippen LogP contribution in [-0.4, -0.2) is 44.9 Å². The number of carbonyl (C=O) groups is 2. The zero-order valence-corrected chi connectivity index (χ0v) is 12.2. The molecule has 0 spiro atoms. The first kappa shape index (κ1) is 16.9. The summed E-state index contributed by atoms with van der Waals surface area (Å²) in [5.41, 5.74) is 0.798. The van der Waals surface area contributed by atoms with Crippen molar-refractivity contribution in [2.45, 2.75) is 6.54 Å². The molecule has 0 aliphatic heterocycles. The third kappa shape index (κ3) is 7.28. The number of aromatic carboxylic acids is 1. The average molecular weight is 315 g/mol. The van der Waals surface area contributed by atoms with Gasteiger partial charge in [0.1, 0.15) is 0 Å². The van der Waals surface area contributed by atoms with Crippen molar-refractivity contribution in [2.75, 3.05) is 19.3 Å². The second-order valence-electron chi connectivity index (χ2n) is 4.28. The topological polar surface area (TPSA) is 125 Å². The lowest BCUT2D eigenvalue weighted by Crippen LogP contribution is -2.39. The number of urea groups is 1. The van der Waals surface area contributed by atoms with Gasteiger partial charge in [-0.15, -0.1) is 0 Å². The van der Waals surface area contributed by atoms with Crippen LogP contribution >= 0.6 is 0 Å². The molecule has 0 aliphatic rings. The van der Waals surface area contributed by atoms with E-state index in [9.17, 15) is 18.0 Å². The number of amides is 2. The fraction of sp³-hybridized carbons (Fsp3) is 0.333. The fourth-order valence-corrected chi connectivity index (χ4v) is 1.94. The molecule has 21 heavy (non-hydrogen) atoms. The van der Waals surface area contributed by atoms with Gasteiger partial charge in [-0.25, -0.2) is 22.7 Å². The third-order valence-corrected chi connectivity index (χ3v) is 3.13. The molecule has 0 atom stereocenters. The van der Waals surface area contributed by atoms with E-state index in [0.717, 1.165) is 6.26 Å². The van der Waals surface area contributed by atoms with Crippen LogP contribution < -0.4 is 15.4 Å². The van der Waals surface area contributed by atoms with Gasteiger partial charge in [0.2, 0.25) is 10.0 Å². The summed E-state index contributed by atoms with van der Waals surface area (Å²) < 4.78 is 23.8. The summed E-state index contributed by atoms with van der Waals surface area (Å²) in [4.78, 5) is 22.2. The number of sulfonamides is 1. The Morgan fingerprint density at radius 1 is 1.19 bits per heavy atom. The largest absolute Gasteiger partial charge is 0.478 e. The minimum atomic E-state index is -3.27. The molecule has 4 N–H and O–H groups in total. The summed E-state index contributed by atoms with van der Waals surface area (Å²) in [5, 5.41) is 13.9. The van der Waals surface area contributed by atoms with Gasteiger partial charge in [0.25, 0.3) is 0 Å². The number of nitrogens with one attached hydrogen (secondary N) is 3. The molecule has 116 valence electrons. The predicted octanol–water partition coefficient (Wildman–Crippen LogP) is -0.267. The van der Waals surface area contributed by atoms with Gasteiger partial charge < -0.3 is 15.7 Å². The highest BCUT2D eigenvalue weighted by atomic mass is 32.2. The molecule has 0 aromatic heterocycles. The van der Waals surface area contributed by atoms with Gasteiger partial charge in [0.05, 0.1) is 11.8 Å². The molecule has 0 radical (unpaired) electrons. The Labute approximate surface area is 122 Å². The molecule has 0 bridgehead atoms. The molecule has 0 saturated carbocycles. The van der Waals surface area contributed by atoms with Crippen LogP contribution in [0.5, 0.6) is 0 Å². The van der Waals surface area contributed by atoms with E-state index in [0.29, 0.717) is 5.56 Å². The molecular weight excluding hydrogens is 298 g/mol. The molecule has 9 heteroatoms. The second kappa shape index (κ2) is 7.60. The molecule has 0 saturated heterocycles. The Morgan fingerprint density at radius 2 is 1.90 bits per heavy atom. The van der Waals surface area contributed by atoms with Crippen LogP contribution in [0.15, 0.2) is 24.3 Å². The van der Waals surface area contributed by atoms with Crippen LogP contribution in [0.3, 0.4) is 0 Å². The van der Waals surface area contributed by atoms with Gasteiger partial charge in [-0.05, 0) is 17.7 Å². The Balaban J connectivity index is 2.33. The summed E-state index contributed by atoms with van der Waals surface area (Å²) in [6, 6.07) is 5.74. The quantitative estimate of drug-likeness (QED) is 0.516. The number of carboxylic acids is 1. The second-order valence-corrected chi connectivity index (χ2v) is 6.11. The maximum atomic E-state index is 11.4. The van der Waals surface area contributed by atoms with Gasteiger partial charge in [0, 0.05) is 19.6 Å². The van der Waals surface area contributed by atoms with Crippen molar-refractivity contribution in [3.8, 4) is 0 Å². The smallest absolute Gasteiger partial charge is 0.335 e. The van der Waals surface area contributed by atoms with Crippen molar-refractivity contribution in [3.05, 3.63) is 35.4 Å². The molecule has 1 rings (SSSR count). The molecule has 0 unspecified atom stereocenters. The summed E-state index contributed by atoms with van der Waals surface area (Å²) in [5.74, 6) is -1.03. The molecule has 8 nitrogen and oxygen atoms in total. The van der Waals surface area contributed by atoms with Gasteiger partial charge in [-0.3, -0.25) is 0 Å². The van der Waals surface area contributed by atoms with E-state index < -0.39 is 22.0 Å². The van der Waals surface area contributed by atoms with E-state index >= 15 is 0 Å². The first-order valence-corrected chi connectivity index (χ1v) is 7.95. The highest BCUT2D eigenvalue weighted by Crippen LogP contribution is 2.04. The summed E-state index contributed by atoms with van der Waals surface area (Å²) in [6.07, 6.45) is 1.03. The molecule has 0 fully saturated rings. The highest BCUT2D eigenvalue weighted by molar-refractivity contribution is 7.88. The van der Waals surface area contributed by atoms with Crippen molar-refractivity contribution in [1.82, 2.24) is 15.4 Å². The van der Waals surface area contributed by atoms with E-state index in [4.69, 9.17) is 5.11 Å². The number of carboxylic acid groups (broad SMARTS) is 1. The van der Waals surface area contributed by atoms with Crippen molar-refractivity contribution < 1.29 is 23.1 Å². The maximum absolute atomic E-state index is 11.4. The lowest BCUT2D eigenvalue weighted by Gasteiger charge is -2.08. The lowest BCUT2D eigenvalue weighted by atomic mass is 10.1. The van der Waals surface area contributed by atoms with E-state index in [1.807, 2.05) is 0 Å². The highest BCUT2D eigenvalue weighted by Gasteiger charge is 2.05. The zero-order chi connectivity index (χ0) is 15.9. The van der Waals surface area contributed by atoms with Gasteiger partial charge >= 0.3 is 12.0 Å². The molecule has 1 aromatic carbocycles. The first-order chi connectivity index (χ1) is 9.78. The number of hydrogen-bond acceptors (Lipinski definition) is 4. The summed E-state index contributed by atoms with van der Waals surface area (Å²) >= 11 is 0. The van der Waals surface area contributed by atoms with E-state index in [1.165, 1.54) is 12.1 Å². The van der Waals surface area contributed by atoms with Crippen LogP contribution in [0.2, 0.25) is 0 Å². The van der Waals surface area contributed by atoms with Crippen LogP contribution in [0.25, 0.3) is 0 Å². The average Bonchev–Trinajstić information content (AvgIpc) is 2.40. The van der Waals surface area contributed by atoms with Crippen molar-refractivity contribution >= 4 is 22.0 Å². The lowest BCUT2D eigenvalue weighted by molar-refractivity contribution is 0.0696. The van der Waals surface area contributed by atoms with Crippen molar-refractivity contribution in [3.63, 3.8) is 0 Å². The Kier molecular flexibility index (Phi) is 6.12. The Morgan fingerprint density at radius 3 is 2.52 bits per heavy atom. The van der Waals surface area contributed by atoms with Crippen LogP contribution in [0.1, 0.15) is 15.9 Å². The fourth-order valence-electron chi connectivity index (χ4n) is 1.47. The van der Waals surface area contributed by atoms with Crippen LogP contribution in [0, 0.1) is 0 Å². The molecule has 0 aliphatic carbocycles. The number of hydrogen-bond donors (Lipinski definition) is 4. The third-order valence-electron chi connectivity index (χ3n) is 2.40. The van der Waals surface area contributed by atoms with Crippen molar-refractivity contribution in [1.29, 1.82) is 0 Å². The van der Waals surface area contributed by atoms with Gasteiger partial charge in [-0.1, -0.05) is 12.1 Å². The van der Waals surface area contributed by atoms with Crippen molar-refractivity contribution in [2.24, 2.45) is 0 Å².